The van der Waals surface area contributed by atoms with Crippen molar-refractivity contribution in [2.75, 3.05) is 13.2 Å². The number of carboxylic acids is 1. The molecule has 0 aromatic heterocycles. The molecule has 0 saturated heterocycles. The zero-order valence-corrected chi connectivity index (χ0v) is 10.0. The van der Waals surface area contributed by atoms with Gasteiger partial charge in [-0.1, -0.05) is 0 Å². The molecular formula is C10H16N2O5. The van der Waals surface area contributed by atoms with Gasteiger partial charge in [-0.2, -0.15) is 5.26 Å². The average molecular weight is 244 g/mol. The highest BCUT2D eigenvalue weighted by Crippen LogP contribution is 2.06. The van der Waals surface area contributed by atoms with Gasteiger partial charge in [0.1, 0.15) is 12.2 Å². The standard InChI is InChI=1S/C10H16N2O5/c1-10(2,3)17-9(15)12-7(8(13)14)6-16-5-4-11/h7H,5-6H2,1-3H3,(H,12,15)(H,13,14)/t7-/m0/s1. The first-order chi connectivity index (χ1) is 7.76. The summed E-state index contributed by atoms with van der Waals surface area (Å²) in [6.45, 7) is 4.46. The maximum atomic E-state index is 11.3. The molecule has 7 nitrogen and oxygen atoms in total. The molecule has 0 unspecified atom stereocenters. The number of hydrogen-bond acceptors (Lipinski definition) is 5. The lowest BCUT2D eigenvalue weighted by Gasteiger charge is -2.21. The molecule has 0 fully saturated rings. The van der Waals surface area contributed by atoms with Crippen LogP contribution in [0.2, 0.25) is 0 Å². The third-order valence-corrected chi connectivity index (χ3v) is 1.44. The van der Waals surface area contributed by atoms with Gasteiger partial charge in [0.25, 0.3) is 0 Å². The molecule has 0 heterocycles. The zero-order valence-electron chi connectivity index (χ0n) is 10.0. The first kappa shape index (κ1) is 15.2. The molecule has 2 N–H and O–H groups in total. The summed E-state index contributed by atoms with van der Waals surface area (Å²) in [7, 11) is 0. The molecule has 0 aliphatic heterocycles. The van der Waals surface area contributed by atoms with Crippen LogP contribution in [0.1, 0.15) is 20.8 Å². The van der Waals surface area contributed by atoms with Crippen LogP contribution in [0.25, 0.3) is 0 Å². The largest absolute Gasteiger partial charge is 0.480 e. The Morgan fingerprint density at radius 1 is 1.47 bits per heavy atom. The fourth-order valence-corrected chi connectivity index (χ4v) is 0.847. The van der Waals surface area contributed by atoms with Crippen LogP contribution in [0, 0.1) is 11.3 Å². The van der Waals surface area contributed by atoms with Crippen LogP contribution >= 0.6 is 0 Å². The first-order valence-electron chi connectivity index (χ1n) is 4.93. The van der Waals surface area contributed by atoms with Crippen molar-refractivity contribution in [3.8, 4) is 6.07 Å². The summed E-state index contributed by atoms with van der Waals surface area (Å²) in [6.07, 6.45) is -0.842. The van der Waals surface area contributed by atoms with Crippen molar-refractivity contribution in [1.82, 2.24) is 5.32 Å². The van der Waals surface area contributed by atoms with E-state index in [2.05, 4.69) is 5.32 Å². The van der Waals surface area contributed by atoms with Gasteiger partial charge < -0.3 is 19.9 Å². The van der Waals surface area contributed by atoms with E-state index in [0.29, 0.717) is 0 Å². The predicted molar refractivity (Wildman–Crippen MR) is 57.2 cm³/mol. The van der Waals surface area contributed by atoms with E-state index < -0.39 is 23.7 Å². The van der Waals surface area contributed by atoms with Gasteiger partial charge >= 0.3 is 12.1 Å². The van der Waals surface area contributed by atoms with Crippen LogP contribution in [0.4, 0.5) is 4.79 Å². The predicted octanol–water partition coefficient (Wildman–Crippen LogP) is 0.504. The molecular weight excluding hydrogens is 228 g/mol. The monoisotopic (exact) mass is 244 g/mol. The number of nitrogens with one attached hydrogen (secondary N) is 1. The van der Waals surface area contributed by atoms with Crippen LogP contribution in [-0.2, 0) is 14.3 Å². The Morgan fingerprint density at radius 2 is 2.06 bits per heavy atom. The van der Waals surface area contributed by atoms with Crippen LogP contribution in [0.15, 0.2) is 0 Å². The number of carbonyl (C=O) groups excluding carboxylic acids is 1. The average Bonchev–Trinajstić information content (AvgIpc) is 2.13. The fourth-order valence-electron chi connectivity index (χ4n) is 0.847. The molecule has 7 heteroatoms. The van der Waals surface area contributed by atoms with Crippen LogP contribution in [-0.4, -0.2) is 42.0 Å². The van der Waals surface area contributed by atoms with Gasteiger partial charge in [-0.05, 0) is 20.8 Å². The zero-order chi connectivity index (χ0) is 13.5. The second-order valence-electron chi connectivity index (χ2n) is 4.21. The highest BCUT2D eigenvalue weighted by Gasteiger charge is 2.23. The summed E-state index contributed by atoms with van der Waals surface area (Å²) in [4.78, 5) is 22.1. The summed E-state index contributed by atoms with van der Waals surface area (Å²) < 4.78 is 9.62. The van der Waals surface area contributed by atoms with Crippen molar-refractivity contribution in [3.05, 3.63) is 0 Å². The van der Waals surface area contributed by atoms with Crippen LogP contribution in [0.5, 0.6) is 0 Å². The normalized spacial score (nSPS) is 12.4. The molecule has 0 radical (unpaired) electrons. The van der Waals surface area contributed by atoms with Gasteiger partial charge in [-0.15, -0.1) is 0 Å². The SMILES string of the molecule is CC(C)(C)OC(=O)N[C@@H](COCC#N)C(=O)O. The van der Waals surface area contributed by atoms with E-state index in [-0.39, 0.29) is 13.2 Å². The van der Waals surface area contributed by atoms with Gasteiger partial charge in [0.2, 0.25) is 0 Å². The summed E-state index contributed by atoms with van der Waals surface area (Å²) >= 11 is 0. The van der Waals surface area contributed by atoms with Crippen molar-refractivity contribution in [2.24, 2.45) is 0 Å². The quantitative estimate of drug-likeness (QED) is 0.682. The van der Waals surface area contributed by atoms with E-state index in [0.717, 1.165) is 0 Å². The molecule has 0 rings (SSSR count). The third kappa shape index (κ3) is 8.04. The van der Waals surface area contributed by atoms with Crippen molar-refractivity contribution in [3.63, 3.8) is 0 Å². The van der Waals surface area contributed by atoms with Gasteiger partial charge in [0.15, 0.2) is 6.04 Å². The highest BCUT2D eigenvalue weighted by atomic mass is 16.6. The van der Waals surface area contributed by atoms with Crippen molar-refractivity contribution in [2.45, 2.75) is 32.4 Å². The summed E-state index contributed by atoms with van der Waals surface area (Å²) in [5.41, 5.74) is -0.708. The maximum Gasteiger partial charge on any atom is 0.408 e. The molecule has 0 aromatic carbocycles. The molecule has 17 heavy (non-hydrogen) atoms. The minimum atomic E-state index is -1.26. The molecule has 0 saturated carbocycles. The summed E-state index contributed by atoms with van der Waals surface area (Å²) in [5.74, 6) is -1.26. The number of carbonyl (C=O) groups is 2. The Hall–Kier alpha value is -1.81. The number of aliphatic carboxylic acids is 1. The summed E-state index contributed by atoms with van der Waals surface area (Å²) in [5, 5.41) is 19.1. The van der Waals surface area contributed by atoms with Gasteiger partial charge in [0.05, 0.1) is 12.7 Å². The Bertz CT molecular complexity index is 316. The Balaban J connectivity index is 4.22. The van der Waals surface area contributed by atoms with Crippen molar-refractivity contribution in [1.29, 1.82) is 5.26 Å². The number of nitrogens with zero attached hydrogens (tertiary/aromatic N) is 1. The van der Waals surface area contributed by atoms with Crippen LogP contribution < -0.4 is 5.32 Å². The molecule has 0 aliphatic rings. The van der Waals surface area contributed by atoms with Crippen LogP contribution in [0.3, 0.4) is 0 Å². The molecule has 0 spiro atoms. The lowest BCUT2D eigenvalue weighted by Crippen LogP contribution is -2.46. The topological polar surface area (TPSA) is 109 Å². The number of rotatable bonds is 5. The molecule has 0 aliphatic carbocycles. The van der Waals surface area contributed by atoms with Crippen molar-refractivity contribution < 1.29 is 24.2 Å². The van der Waals surface area contributed by atoms with E-state index in [1.807, 2.05) is 0 Å². The lowest BCUT2D eigenvalue weighted by molar-refractivity contribution is -0.141. The van der Waals surface area contributed by atoms with E-state index >= 15 is 0 Å². The number of amides is 1. The smallest absolute Gasteiger partial charge is 0.408 e. The molecule has 0 aromatic rings. The van der Waals surface area contributed by atoms with E-state index in [4.69, 9.17) is 19.8 Å². The molecule has 96 valence electrons. The number of nitriles is 1. The van der Waals surface area contributed by atoms with Gasteiger partial charge in [-0.25, -0.2) is 9.59 Å². The van der Waals surface area contributed by atoms with E-state index in [1.165, 1.54) is 0 Å². The molecule has 0 bridgehead atoms. The third-order valence-electron chi connectivity index (χ3n) is 1.44. The molecule has 1 amide bonds. The van der Waals surface area contributed by atoms with Gasteiger partial charge in [0, 0.05) is 0 Å². The maximum absolute atomic E-state index is 11.3. The fraction of sp³-hybridized carbons (Fsp3) is 0.700. The van der Waals surface area contributed by atoms with E-state index in [1.54, 1.807) is 26.8 Å². The highest BCUT2D eigenvalue weighted by molar-refractivity contribution is 5.80. The molecule has 1 atom stereocenters. The Kier molecular flexibility index (Phi) is 5.99. The number of carboxylic acid groups (broad SMARTS) is 1. The Morgan fingerprint density at radius 3 is 2.47 bits per heavy atom. The second-order valence-corrected chi connectivity index (χ2v) is 4.21. The Labute approximate surface area is 99.3 Å². The minimum Gasteiger partial charge on any atom is -0.480 e. The van der Waals surface area contributed by atoms with Gasteiger partial charge in [-0.3, -0.25) is 0 Å². The lowest BCUT2D eigenvalue weighted by atomic mass is 10.2. The number of alkyl carbamates (subject to hydrolysis) is 1. The van der Waals surface area contributed by atoms with Crippen molar-refractivity contribution >= 4 is 12.1 Å². The second kappa shape index (κ2) is 6.70. The summed E-state index contributed by atoms with van der Waals surface area (Å²) in [6, 6.07) is 0.457. The minimum absolute atomic E-state index is 0.236. The number of ether oxygens (including phenoxy) is 2. The number of hydrogen-bond donors (Lipinski definition) is 2. The van der Waals surface area contributed by atoms with E-state index in [9.17, 15) is 9.59 Å². The first-order valence-corrected chi connectivity index (χ1v) is 4.93.